The molecule has 0 saturated heterocycles. The molecule has 1 N–H and O–H groups in total. The highest BCUT2D eigenvalue weighted by Gasteiger charge is 2.40. The van der Waals surface area contributed by atoms with Gasteiger partial charge in [0, 0.05) is 18.0 Å². The average molecular weight is 220 g/mol. The second-order valence-corrected chi connectivity index (χ2v) is 5.64. The lowest BCUT2D eigenvalue weighted by atomic mass is 9.71. The maximum Gasteiger partial charge on any atom is 0.0897 e. The number of nitrogens with one attached hydrogen (secondary N) is 1. The fourth-order valence-corrected chi connectivity index (χ4v) is 3.29. The molecule has 2 aliphatic rings. The smallest absolute Gasteiger partial charge is 0.0897 e. The topological polar surface area (TPSA) is 24.9 Å². The van der Waals surface area contributed by atoms with Crippen molar-refractivity contribution in [3.05, 3.63) is 28.2 Å². The van der Waals surface area contributed by atoms with E-state index in [0.717, 1.165) is 18.4 Å². The van der Waals surface area contributed by atoms with Crippen LogP contribution in [-0.2, 0) is 6.54 Å². The first-order valence-electron chi connectivity index (χ1n) is 5.64. The zero-order chi connectivity index (χ0) is 10.3. The molecule has 3 rings (SSSR count). The molecule has 0 spiro atoms. The van der Waals surface area contributed by atoms with Crippen LogP contribution < -0.4 is 5.32 Å². The normalized spacial score (nSPS) is 32.7. The van der Waals surface area contributed by atoms with Gasteiger partial charge >= 0.3 is 0 Å². The van der Waals surface area contributed by atoms with Crippen molar-refractivity contribution in [2.24, 2.45) is 11.8 Å². The van der Waals surface area contributed by atoms with E-state index in [9.17, 15) is 0 Å². The van der Waals surface area contributed by atoms with Crippen LogP contribution in [0.25, 0.3) is 0 Å². The molecule has 0 amide bonds. The van der Waals surface area contributed by atoms with Crippen LogP contribution in [0.3, 0.4) is 0 Å². The Kier molecular flexibility index (Phi) is 2.37. The predicted octanol–water partition coefficient (Wildman–Crippen LogP) is 2.51. The molecule has 0 radical (unpaired) electrons. The van der Waals surface area contributed by atoms with Crippen LogP contribution in [0.1, 0.15) is 23.5 Å². The van der Waals surface area contributed by atoms with Gasteiger partial charge in [-0.05, 0) is 31.6 Å². The molecule has 1 fully saturated rings. The molecular formula is C12H16N2S. The molecule has 3 heteroatoms. The van der Waals surface area contributed by atoms with Crippen molar-refractivity contribution in [2.75, 3.05) is 0 Å². The number of fused-ring (bicyclic) bond motifs is 1. The monoisotopic (exact) mass is 220 g/mol. The Morgan fingerprint density at radius 2 is 2.53 bits per heavy atom. The van der Waals surface area contributed by atoms with E-state index in [1.165, 1.54) is 23.5 Å². The molecule has 2 aliphatic carbocycles. The molecule has 0 aliphatic heterocycles. The van der Waals surface area contributed by atoms with Crippen molar-refractivity contribution in [1.82, 2.24) is 10.3 Å². The highest BCUT2D eigenvalue weighted by molar-refractivity contribution is 7.09. The Labute approximate surface area is 94.4 Å². The summed E-state index contributed by atoms with van der Waals surface area (Å²) in [6.45, 7) is 3.00. The third kappa shape index (κ3) is 1.74. The number of hydrogen-bond donors (Lipinski definition) is 1. The van der Waals surface area contributed by atoms with E-state index in [2.05, 4.69) is 34.8 Å². The molecule has 80 valence electrons. The standard InChI is InChI=1S/C12H16N2S/c1-8-14-10(7-15-8)6-13-12-5-9-3-2-4-11(9)12/h2,4,7,9,11-13H,3,5-6H2,1H3. The molecule has 1 aromatic rings. The van der Waals surface area contributed by atoms with Gasteiger partial charge in [-0.1, -0.05) is 12.2 Å². The number of hydrogen-bond acceptors (Lipinski definition) is 3. The maximum atomic E-state index is 4.46. The summed E-state index contributed by atoms with van der Waals surface area (Å²) in [5, 5.41) is 6.93. The van der Waals surface area contributed by atoms with E-state index in [0.29, 0.717) is 6.04 Å². The predicted molar refractivity (Wildman–Crippen MR) is 62.8 cm³/mol. The van der Waals surface area contributed by atoms with Gasteiger partial charge in [0.25, 0.3) is 0 Å². The van der Waals surface area contributed by atoms with E-state index < -0.39 is 0 Å². The summed E-state index contributed by atoms with van der Waals surface area (Å²) in [4.78, 5) is 4.46. The molecule has 3 atom stereocenters. The van der Waals surface area contributed by atoms with Crippen molar-refractivity contribution in [1.29, 1.82) is 0 Å². The van der Waals surface area contributed by atoms with Crippen LogP contribution in [0.5, 0.6) is 0 Å². The number of nitrogens with zero attached hydrogens (tertiary/aromatic N) is 1. The van der Waals surface area contributed by atoms with Gasteiger partial charge in [-0.3, -0.25) is 0 Å². The van der Waals surface area contributed by atoms with Crippen LogP contribution in [0.15, 0.2) is 17.5 Å². The van der Waals surface area contributed by atoms with Gasteiger partial charge in [0.15, 0.2) is 0 Å². The Balaban J connectivity index is 1.53. The van der Waals surface area contributed by atoms with Gasteiger partial charge in [-0.25, -0.2) is 4.98 Å². The first kappa shape index (κ1) is 9.55. The molecular weight excluding hydrogens is 204 g/mol. The van der Waals surface area contributed by atoms with Gasteiger partial charge < -0.3 is 5.32 Å². The molecule has 15 heavy (non-hydrogen) atoms. The summed E-state index contributed by atoms with van der Waals surface area (Å²) >= 11 is 1.74. The quantitative estimate of drug-likeness (QED) is 0.792. The Morgan fingerprint density at radius 3 is 3.27 bits per heavy atom. The number of allylic oxidation sites excluding steroid dienone is 1. The molecule has 3 unspecified atom stereocenters. The lowest BCUT2D eigenvalue weighted by molar-refractivity contribution is 0.162. The van der Waals surface area contributed by atoms with Crippen LogP contribution in [0.2, 0.25) is 0 Å². The van der Waals surface area contributed by atoms with Gasteiger partial charge in [-0.15, -0.1) is 11.3 Å². The summed E-state index contributed by atoms with van der Waals surface area (Å²) in [7, 11) is 0. The largest absolute Gasteiger partial charge is 0.308 e. The van der Waals surface area contributed by atoms with E-state index >= 15 is 0 Å². The zero-order valence-corrected chi connectivity index (χ0v) is 9.76. The summed E-state index contributed by atoms with van der Waals surface area (Å²) < 4.78 is 0. The summed E-state index contributed by atoms with van der Waals surface area (Å²) in [5.41, 5.74) is 1.20. The average Bonchev–Trinajstić information content (AvgIpc) is 2.75. The minimum absolute atomic E-state index is 0.704. The molecule has 1 saturated carbocycles. The molecule has 0 bridgehead atoms. The first-order valence-corrected chi connectivity index (χ1v) is 6.52. The zero-order valence-electron chi connectivity index (χ0n) is 8.94. The second kappa shape index (κ2) is 3.72. The minimum Gasteiger partial charge on any atom is -0.308 e. The first-order chi connectivity index (χ1) is 7.33. The SMILES string of the molecule is Cc1nc(CNC2CC3CC=CC32)cs1. The van der Waals surface area contributed by atoms with E-state index in [-0.39, 0.29) is 0 Å². The van der Waals surface area contributed by atoms with E-state index in [1.54, 1.807) is 11.3 Å². The van der Waals surface area contributed by atoms with Crippen molar-refractivity contribution >= 4 is 11.3 Å². The summed E-state index contributed by atoms with van der Waals surface area (Å²) in [6.07, 6.45) is 7.38. The number of rotatable bonds is 3. The summed E-state index contributed by atoms with van der Waals surface area (Å²) in [6, 6.07) is 0.704. The Bertz CT molecular complexity index is 383. The second-order valence-electron chi connectivity index (χ2n) is 4.58. The van der Waals surface area contributed by atoms with Gasteiger partial charge in [0.1, 0.15) is 0 Å². The number of thiazole rings is 1. The fourth-order valence-electron chi connectivity index (χ4n) is 2.67. The lowest BCUT2D eigenvalue weighted by Crippen LogP contribution is -2.47. The van der Waals surface area contributed by atoms with Gasteiger partial charge in [-0.2, -0.15) is 0 Å². The molecule has 0 aromatic carbocycles. The summed E-state index contributed by atoms with van der Waals surface area (Å²) in [5.74, 6) is 1.75. The number of aryl methyl sites for hydroxylation is 1. The van der Waals surface area contributed by atoms with Gasteiger partial charge in [0.05, 0.1) is 10.7 Å². The van der Waals surface area contributed by atoms with Crippen LogP contribution >= 0.6 is 11.3 Å². The third-order valence-corrected chi connectivity index (χ3v) is 4.40. The van der Waals surface area contributed by atoms with Crippen molar-refractivity contribution in [2.45, 2.75) is 32.4 Å². The highest BCUT2D eigenvalue weighted by Crippen LogP contribution is 2.42. The van der Waals surface area contributed by atoms with Crippen molar-refractivity contribution in [3.8, 4) is 0 Å². The molecule has 1 heterocycles. The fraction of sp³-hybridized carbons (Fsp3) is 0.583. The van der Waals surface area contributed by atoms with Crippen molar-refractivity contribution < 1.29 is 0 Å². The van der Waals surface area contributed by atoms with Crippen molar-refractivity contribution in [3.63, 3.8) is 0 Å². The van der Waals surface area contributed by atoms with Gasteiger partial charge in [0.2, 0.25) is 0 Å². The third-order valence-electron chi connectivity index (χ3n) is 3.57. The van der Waals surface area contributed by atoms with E-state index in [1.807, 2.05) is 0 Å². The number of aromatic nitrogens is 1. The maximum absolute atomic E-state index is 4.46. The minimum atomic E-state index is 0.704. The lowest BCUT2D eigenvalue weighted by Gasteiger charge is -2.40. The van der Waals surface area contributed by atoms with Crippen LogP contribution in [0.4, 0.5) is 0 Å². The molecule has 2 nitrogen and oxygen atoms in total. The molecule has 1 aromatic heterocycles. The van der Waals surface area contributed by atoms with Crippen LogP contribution in [-0.4, -0.2) is 11.0 Å². The highest BCUT2D eigenvalue weighted by atomic mass is 32.1. The Morgan fingerprint density at radius 1 is 1.60 bits per heavy atom. The van der Waals surface area contributed by atoms with E-state index in [4.69, 9.17) is 0 Å². The Hall–Kier alpha value is -0.670. The van der Waals surface area contributed by atoms with Crippen LogP contribution in [0, 0.1) is 18.8 Å².